The van der Waals surface area contributed by atoms with Crippen molar-refractivity contribution in [2.75, 3.05) is 6.54 Å². The second-order valence-electron chi connectivity index (χ2n) is 6.80. The van der Waals surface area contributed by atoms with Crippen LogP contribution in [0.3, 0.4) is 0 Å². The first-order chi connectivity index (χ1) is 13.7. The average Bonchev–Trinajstić information content (AvgIpc) is 3.06. The minimum Gasteiger partial charge on any atom is -0.475 e. The molecule has 0 aliphatic carbocycles. The predicted molar refractivity (Wildman–Crippen MR) is 109 cm³/mol. The molecule has 4 N–H and O–H groups in total. The number of aliphatic hydroxyl groups is 1. The number of carbonyl (C=O) groups is 2. The van der Waals surface area contributed by atoms with Gasteiger partial charge in [0, 0.05) is 47.2 Å². The van der Waals surface area contributed by atoms with Gasteiger partial charge in [0.25, 0.3) is 0 Å². The summed E-state index contributed by atoms with van der Waals surface area (Å²) in [4.78, 5) is 22.6. The Morgan fingerprint density at radius 3 is 2.40 bits per heavy atom. The number of rotatable bonds is 8. The molecule has 1 aliphatic rings. The van der Waals surface area contributed by atoms with Crippen molar-refractivity contribution in [3.05, 3.63) is 58.6 Å². The van der Waals surface area contributed by atoms with Crippen LogP contribution in [0.15, 0.2) is 42.5 Å². The van der Waals surface area contributed by atoms with Gasteiger partial charge in [-0.15, -0.1) is 0 Å². The third-order valence-electron chi connectivity index (χ3n) is 4.51. The van der Waals surface area contributed by atoms with Gasteiger partial charge >= 0.3 is 17.7 Å². The number of fused-ring (bicyclic) bond motifs is 1. The van der Waals surface area contributed by atoms with E-state index in [0.717, 1.165) is 5.56 Å². The summed E-state index contributed by atoms with van der Waals surface area (Å²) in [6, 6.07) is 11.7. The number of carboxylic acids is 2. The molecule has 1 aliphatic heterocycles. The third-order valence-corrected chi connectivity index (χ3v) is 4.75. The molecule has 1 heterocycles. The second kappa shape index (κ2) is 10.00. The molecule has 2 atom stereocenters. The molecule has 155 valence electrons. The topological polar surface area (TPSA) is 125 Å². The van der Waals surface area contributed by atoms with Gasteiger partial charge in [-0.25, -0.2) is 9.59 Å². The van der Waals surface area contributed by atoms with Crippen LogP contribution >= 0.6 is 11.6 Å². The van der Waals surface area contributed by atoms with Gasteiger partial charge in [0.05, 0.1) is 6.10 Å². The Morgan fingerprint density at radius 1 is 1.10 bits per heavy atom. The summed E-state index contributed by atoms with van der Waals surface area (Å²) in [7, 11) is 0. The Morgan fingerprint density at radius 2 is 1.77 bits per heavy atom. The zero-order valence-corrected chi connectivity index (χ0v) is 19.2. The van der Waals surface area contributed by atoms with Crippen LogP contribution < -0.4 is 14.8 Å². The van der Waals surface area contributed by atoms with Gasteiger partial charge in [0.15, 0.2) is 11.5 Å². The van der Waals surface area contributed by atoms with E-state index in [1.54, 1.807) is 36.4 Å². The van der Waals surface area contributed by atoms with Crippen LogP contribution in [0.1, 0.15) is 24.2 Å². The predicted octanol–water partition coefficient (Wildman–Crippen LogP) is 1.85. The van der Waals surface area contributed by atoms with Gasteiger partial charge < -0.3 is 30.1 Å². The quantitative estimate of drug-likeness (QED) is 0.359. The molecule has 3 rings (SSSR count). The van der Waals surface area contributed by atoms with E-state index in [1.165, 1.54) is 6.07 Å². The molecule has 10 heteroatoms. The third kappa shape index (κ3) is 5.26. The average molecular weight is 445 g/mol. The van der Waals surface area contributed by atoms with E-state index in [9.17, 15) is 24.9 Å². The maximum atomic E-state index is 11.3. The van der Waals surface area contributed by atoms with Crippen LogP contribution in [0, 0.1) is 0 Å². The number of benzene rings is 2. The normalized spacial score (nSPS) is 15.7. The molecule has 0 saturated heterocycles. The first-order valence-corrected chi connectivity index (χ1v) is 9.23. The maximum absolute atomic E-state index is 11.3. The van der Waals surface area contributed by atoms with E-state index in [0.29, 0.717) is 23.6 Å². The first-order valence-electron chi connectivity index (χ1n) is 8.86. The van der Waals surface area contributed by atoms with Gasteiger partial charge in [-0.05, 0) is 48.7 Å². The standard InChI is InChI=1S/C20H20ClNO7.Na/c1-11(22-10-15(23)13-3-2-4-14(21)9-13)7-12-5-6-16-17(8-12)29-20(28-16,18(24)25)19(26)27;/h2-6,8-9,11,15,22-23H,7,10H2,1H3,(H,24,25)(H,26,27);/t11-,15+;/m1./s1. The van der Waals surface area contributed by atoms with Crippen molar-refractivity contribution in [2.45, 2.75) is 31.3 Å². The van der Waals surface area contributed by atoms with E-state index < -0.39 is 23.8 Å². The van der Waals surface area contributed by atoms with Crippen LogP contribution in [0.25, 0.3) is 0 Å². The summed E-state index contributed by atoms with van der Waals surface area (Å²) < 4.78 is 10.1. The largest absolute Gasteiger partial charge is 0.475 e. The molecular formula is C20H20ClNNaO7. The summed E-state index contributed by atoms with van der Waals surface area (Å²) in [5.74, 6) is -6.15. The number of ether oxygens (including phenoxy) is 2. The number of hydrogen-bond donors (Lipinski definition) is 4. The Balaban J connectivity index is 0.00000320. The monoisotopic (exact) mass is 444 g/mol. The molecule has 2 aromatic rings. The van der Waals surface area contributed by atoms with Crippen molar-refractivity contribution >= 4 is 53.1 Å². The van der Waals surface area contributed by atoms with Crippen LogP contribution in [0.5, 0.6) is 11.5 Å². The number of halogens is 1. The first kappa shape index (κ1) is 24.5. The second-order valence-corrected chi connectivity index (χ2v) is 7.23. The molecule has 30 heavy (non-hydrogen) atoms. The van der Waals surface area contributed by atoms with Crippen molar-refractivity contribution in [2.24, 2.45) is 0 Å². The molecule has 1 radical (unpaired) electrons. The maximum Gasteiger partial charge on any atom is 0.453 e. The number of carboxylic acid groups (broad SMARTS) is 2. The Labute approximate surface area is 200 Å². The molecule has 8 nitrogen and oxygen atoms in total. The van der Waals surface area contributed by atoms with Crippen molar-refractivity contribution < 1.29 is 34.4 Å². The molecule has 0 saturated carbocycles. The van der Waals surface area contributed by atoms with Gasteiger partial charge in [0.2, 0.25) is 0 Å². The molecule has 0 amide bonds. The summed E-state index contributed by atoms with van der Waals surface area (Å²) >= 11 is 5.94. The van der Waals surface area contributed by atoms with E-state index >= 15 is 0 Å². The fourth-order valence-corrected chi connectivity index (χ4v) is 3.21. The minimum atomic E-state index is -2.77. The van der Waals surface area contributed by atoms with Crippen molar-refractivity contribution in [1.82, 2.24) is 5.32 Å². The number of aliphatic carboxylic acids is 2. The molecule has 0 spiro atoms. The summed E-state index contributed by atoms with van der Waals surface area (Å²) in [6.07, 6.45) is -0.189. The van der Waals surface area contributed by atoms with E-state index in [1.807, 2.05) is 6.92 Å². The van der Waals surface area contributed by atoms with Gasteiger partial charge in [-0.3, -0.25) is 0 Å². The molecule has 0 unspecified atom stereocenters. The Bertz CT molecular complexity index is 925. The molecule has 2 aromatic carbocycles. The van der Waals surface area contributed by atoms with Gasteiger partial charge in [0.1, 0.15) is 0 Å². The Hall–Kier alpha value is -1.81. The summed E-state index contributed by atoms with van der Waals surface area (Å²) in [5, 5.41) is 32.4. The van der Waals surface area contributed by atoms with E-state index in [4.69, 9.17) is 21.1 Å². The molecular weight excluding hydrogens is 425 g/mol. The summed E-state index contributed by atoms with van der Waals surface area (Å²) in [6.45, 7) is 2.24. The fraction of sp³-hybridized carbons (Fsp3) is 0.300. The smallest absolute Gasteiger partial charge is 0.453 e. The SMILES string of the molecule is C[C@H](Cc1ccc2c(c1)OC(C(=O)O)(C(=O)O)O2)NC[C@H](O)c1cccc(Cl)c1.[Na]. The number of aliphatic hydroxyl groups excluding tert-OH is 1. The van der Waals surface area contributed by atoms with Gasteiger partial charge in [-0.1, -0.05) is 29.8 Å². The number of nitrogens with one attached hydrogen (secondary N) is 1. The van der Waals surface area contributed by atoms with Crippen molar-refractivity contribution in [3.8, 4) is 11.5 Å². The van der Waals surface area contributed by atoms with Crippen LogP contribution in [0.4, 0.5) is 0 Å². The zero-order valence-electron chi connectivity index (χ0n) is 16.5. The summed E-state index contributed by atoms with van der Waals surface area (Å²) in [5.41, 5.74) is 1.50. The van der Waals surface area contributed by atoms with E-state index in [-0.39, 0.29) is 47.1 Å². The van der Waals surface area contributed by atoms with Crippen molar-refractivity contribution in [3.63, 3.8) is 0 Å². The molecule has 0 aromatic heterocycles. The van der Waals surface area contributed by atoms with Crippen LogP contribution in [-0.2, 0) is 16.0 Å². The van der Waals surface area contributed by atoms with Crippen molar-refractivity contribution in [1.29, 1.82) is 0 Å². The number of hydrogen-bond acceptors (Lipinski definition) is 6. The van der Waals surface area contributed by atoms with Crippen LogP contribution in [-0.4, -0.2) is 75.2 Å². The van der Waals surface area contributed by atoms with E-state index in [2.05, 4.69) is 5.32 Å². The zero-order chi connectivity index (χ0) is 21.2. The fourth-order valence-electron chi connectivity index (χ4n) is 3.01. The molecule has 0 bridgehead atoms. The molecule has 0 fully saturated rings. The minimum absolute atomic E-state index is 0. The van der Waals surface area contributed by atoms with Crippen LogP contribution in [0.2, 0.25) is 5.02 Å². The Kier molecular flexibility index (Phi) is 8.15. The van der Waals surface area contributed by atoms with Gasteiger partial charge in [-0.2, -0.15) is 0 Å².